The molecule has 22 heavy (non-hydrogen) atoms. The Bertz CT molecular complexity index is 461. The van der Waals surface area contributed by atoms with E-state index in [-0.39, 0.29) is 24.0 Å². The highest BCUT2D eigenvalue weighted by Crippen LogP contribution is 2.36. The van der Waals surface area contributed by atoms with Crippen LogP contribution in [0.1, 0.15) is 23.8 Å². The average molecular weight is 434 g/mol. The number of hydrogen-bond donors (Lipinski definition) is 2. The number of guanidine groups is 1. The summed E-state index contributed by atoms with van der Waals surface area (Å²) in [6, 6.07) is 4.93. The van der Waals surface area contributed by atoms with Gasteiger partial charge in [0.2, 0.25) is 0 Å². The lowest BCUT2D eigenvalue weighted by atomic mass is 9.88. The number of halogens is 1. The first kappa shape index (κ1) is 19.4. The summed E-state index contributed by atoms with van der Waals surface area (Å²) in [5.41, 5.74) is 0. The van der Waals surface area contributed by atoms with Crippen LogP contribution in [0.4, 0.5) is 0 Å². The number of likely N-dealkylation sites (tertiary alicyclic amines) is 1. The number of hydrogen-bond acceptors (Lipinski definition) is 3. The van der Waals surface area contributed by atoms with Crippen LogP contribution in [0.5, 0.6) is 0 Å². The van der Waals surface area contributed by atoms with Crippen molar-refractivity contribution < 1.29 is 0 Å². The summed E-state index contributed by atoms with van der Waals surface area (Å²) in [5, 5.41) is 8.86. The van der Waals surface area contributed by atoms with Gasteiger partial charge in [0.15, 0.2) is 5.96 Å². The van der Waals surface area contributed by atoms with Crippen LogP contribution in [0.15, 0.2) is 35.2 Å². The molecule has 4 nitrogen and oxygen atoms in total. The highest BCUT2D eigenvalue weighted by Gasteiger charge is 2.31. The van der Waals surface area contributed by atoms with Crippen molar-refractivity contribution in [3.8, 4) is 0 Å². The Balaban J connectivity index is 0.00000242. The minimum absolute atomic E-state index is 0. The number of nitrogens with one attached hydrogen (secondary N) is 2. The standard InChI is InChI=1S/C16H26N4S.HI/c1-4-9-18-16(17-2)19-12-13-7-5-10-20(3)15(13)14-8-6-11-21-14;/h4,6,8,11,13,15H,1,5,7,9-10,12H2,2-3H3,(H2,17,18,19);1H. The fourth-order valence-corrected chi connectivity index (χ4v) is 3.98. The van der Waals surface area contributed by atoms with E-state index in [2.05, 4.69) is 51.7 Å². The summed E-state index contributed by atoms with van der Waals surface area (Å²) < 4.78 is 0. The van der Waals surface area contributed by atoms with Crippen LogP contribution in [-0.2, 0) is 0 Å². The van der Waals surface area contributed by atoms with Crippen LogP contribution in [0.25, 0.3) is 0 Å². The van der Waals surface area contributed by atoms with Gasteiger partial charge >= 0.3 is 0 Å². The monoisotopic (exact) mass is 434 g/mol. The number of thiophene rings is 1. The van der Waals surface area contributed by atoms with Crippen molar-refractivity contribution in [3.63, 3.8) is 0 Å². The third kappa shape index (κ3) is 5.24. The van der Waals surface area contributed by atoms with Gasteiger partial charge in [-0.2, -0.15) is 0 Å². The Morgan fingerprint density at radius 1 is 1.55 bits per heavy atom. The van der Waals surface area contributed by atoms with Crippen molar-refractivity contribution in [3.05, 3.63) is 35.0 Å². The number of rotatable bonds is 5. The van der Waals surface area contributed by atoms with E-state index in [1.54, 1.807) is 0 Å². The molecule has 2 N–H and O–H groups in total. The smallest absolute Gasteiger partial charge is 0.191 e. The van der Waals surface area contributed by atoms with Crippen LogP contribution in [0.3, 0.4) is 0 Å². The highest BCUT2D eigenvalue weighted by molar-refractivity contribution is 14.0. The lowest BCUT2D eigenvalue weighted by Gasteiger charge is -2.39. The molecule has 1 aliphatic heterocycles. The summed E-state index contributed by atoms with van der Waals surface area (Å²) in [7, 11) is 4.05. The quantitative estimate of drug-likeness (QED) is 0.324. The van der Waals surface area contributed by atoms with E-state index in [0.29, 0.717) is 12.0 Å². The van der Waals surface area contributed by atoms with Crippen molar-refractivity contribution >= 4 is 41.3 Å². The summed E-state index contributed by atoms with van der Waals surface area (Å²) in [5.74, 6) is 1.47. The minimum Gasteiger partial charge on any atom is -0.356 e. The molecule has 0 spiro atoms. The van der Waals surface area contributed by atoms with Crippen LogP contribution in [0, 0.1) is 5.92 Å². The molecule has 2 unspecified atom stereocenters. The summed E-state index contributed by atoms with van der Waals surface area (Å²) in [6.45, 7) is 6.59. The molecule has 0 aromatic carbocycles. The highest BCUT2D eigenvalue weighted by atomic mass is 127. The van der Waals surface area contributed by atoms with Gasteiger partial charge in [0.25, 0.3) is 0 Å². The first-order valence-electron chi connectivity index (χ1n) is 7.55. The van der Waals surface area contributed by atoms with E-state index >= 15 is 0 Å². The lowest BCUT2D eigenvalue weighted by molar-refractivity contribution is 0.125. The number of nitrogens with zero attached hydrogens (tertiary/aromatic N) is 2. The minimum atomic E-state index is 0. The fraction of sp³-hybridized carbons (Fsp3) is 0.562. The lowest BCUT2D eigenvalue weighted by Crippen LogP contribution is -2.44. The summed E-state index contributed by atoms with van der Waals surface area (Å²) in [6.07, 6.45) is 4.37. The van der Waals surface area contributed by atoms with Gasteiger partial charge in [-0.25, -0.2) is 0 Å². The Hall–Kier alpha value is -0.600. The van der Waals surface area contributed by atoms with Crippen molar-refractivity contribution in [2.45, 2.75) is 18.9 Å². The van der Waals surface area contributed by atoms with Crippen LogP contribution in [-0.4, -0.2) is 44.6 Å². The number of piperidine rings is 1. The molecule has 1 aromatic rings. The molecule has 2 heterocycles. The van der Waals surface area contributed by atoms with Crippen LogP contribution in [0.2, 0.25) is 0 Å². The summed E-state index contributed by atoms with van der Waals surface area (Å²) in [4.78, 5) is 8.21. The van der Waals surface area contributed by atoms with Gasteiger partial charge in [0.1, 0.15) is 0 Å². The molecule has 0 amide bonds. The average Bonchev–Trinajstić information content (AvgIpc) is 3.01. The van der Waals surface area contributed by atoms with Gasteiger partial charge in [-0.05, 0) is 43.8 Å². The molecule has 124 valence electrons. The maximum Gasteiger partial charge on any atom is 0.191 e. The zero-order valence-corrected chi connectivity index (χ0v) is 16.6. The second-order valence-electron chi connectivity index (χ2n) is 5.47. The predicted octanol–water partition coefficient (Wildman–Crippen LogP) is 3.10. The third-order valence-electron chi connectivity index (χ3n) is 4.01. The molecule has 2 rings (SSSR count). The Labute approximate surface area is 155 Å². The Morgan fingerprint density at radius 3 is 3.00 bits per heavy atom. The molecule has 6 heteroatoms. The van der Waals surface area contributed by atoms with Crippen LogP contribution >= 0.6 is 35.3 Å². The normalized spacial score (nSPS) is 22.7. The van der Waals surface area contributed by atoms with Gasteiger partial charge in [0.05, 0.1) is 0 Å². The molecule has 1 saturated heterocycles. The van der Waals surface area contributed by atoms with Gasteiger partial charge in [-0.3, -0.25) is 9.89 Å². The van der Waals surface area contributed by atoms with Gasteiger partial charge in [-0.15, -0.1) is 41.9 Å². The second-order valence-corrected chi connectivity index (χ2v) is 6.45. The van der Waals surface area contributed by atoms with E-state index in [4.69, 9.17) is 0 Å². The third-order valence-corrected chi connectivity index (χ3v) is 4.95. The molecule has 1 fully saturated rings. The van der Waals surface area contributed by atoms with Gasteiger partial charge in [-0.1, -0.05) is 12.1 Å². The maximum absolute atomic E-state index is 4.25. The number of aliphatic imine (C=N–C) groups is 1. The zero-order valence-electron chi connectivity index (χ0n) is 13.4. The van der Waals surface area contributed by atoms with Crippen molar-refractivity contribution in [1.82, 2.24) is 15.5 Å². The van der Waals surface area contributed by atoms with E-state index < -0.39 is 0 Å². The fourth-order valence-electron chi connectivity index (χ4n) is 3.00. The second kappa shape index (κ2) is 10.2. The van der Waals surface area contributed by atoms with Crippen molar-refractivity contribution in [2.24, 2.45) is 10.9 Å². The molecular weight excluding hydrogens is 407 g/mol. The molecule has 0 aliphatic carbocycles. The van der Waals surface area contributed by atoms with Gasteiger partial charge in [0, 0.05) is 31.1 Å². The van der Waals surface area contributed by atoms with Crippen LogP contribution < -0.4 is 10.6 Å². The maximum atomic E-state index is 4.25. The molecule has 0 saturated carbocycles. The first-order valence-corrected chi connectivity index (χ1v) is 8.43. The molecule has 1 aliphatic rings. The van der Waals surface area contributed by atoms with E-state index in [1.807, 2.05) is 24.5 Å². The summed E-state index contributed by atoms with van der Waals surface area (Å²) >= 11 is 1.86. The van der Waals surface area contributed by atoms with Gasteiger partial charge < -0.3 is 10.6 Å². The molecule has 2 atom stereocenters. The SMILES string of the molecule is C=CCNC(=NC)NCC1CCCN(C)C1c1cccs1.I. The van der Waals surface area contributed by atoms with E-state index in [9.17, 15) is 0 Å². The Kier molecular flexibility index (Phi) is 9.04. The van der Waals surface area contributed by atoms with Crippen molar-refractivity contribution in [2.75, 3.05) is 33.7 Å². The Morgan fingerprint density at radius 2 is 2.36 bits per heavy atom. The van der Waals surface area contributed by atoms with E-state index in [0.717, 1.165) is 19.0 Å². The largest absolute Gasteiger partial charge is 0.356 e. The molecule has 0 bridgehead atoms. The topological polar surface area (TPSA) is 39.7 Å². The molecule has 1 aromatic heterocycles. The molecule has 0 radical (unpaired) electrons. The zero-order chi connectivity index (χ0) is 15.1. The van der Waals surface area contributed by atoms with E-state index in [1.165, 1.54) is 24.3 Å². The van der Waals surface area contributed by atoms with Crippen molar-refractivity contribution in [1.29, 1.82) is 0 Å². The predicted molar refractivity (Wildman–Crippen MR) is 107 cm³/mol. The first-order chi connectivity index (χ1) is 10.3. The molecular formula is C16H27IN4S.